The van der Waals surface area contributed by atoms with Gasteiger partial charge in [0.1, 0.15) is 5.15 Å². The van der Waals surface area contributed by atoms with Gasteiger partial charge in [0.25, 0.3) is 5.56 Å². The van der Waals surface area contributed by atoms with Crippen molar-refractivity contribution in [2.75, 3.05) is 0 Å². The Morgan fingerprint density at radius 2 is 2.21 bits per heavy atom. The average molecular weight is 210 g/mol. The van der Waals surface area contributed by atoms with Crippen LogP contribution in [0.5, 0.6) is 0 Å². The molecule has 0 aliphatic heterocycles. The monoisotopic (exact) mass is 209 g/mol. The molecule has 0 amide bonds. The zero-order valence-electron chi connectivity index (χ0n) is 7.78. The topological polar surface area (TPSA) is 47.8 Å². The predicted octanol–water partition coefficient (Wildman–Crippen LogP) is 1.29. The zero-order valence-corrected chi connectivity index (χ0v) is 8.54. The Morgan fingerprint density at radius 3 is 2.93 bits per heavy atom. The van der Waals surface area contributed by atoms with E-state index in [4.69, 9.17) is 11.6 Å². The van der Waals surface area contributed by atoms with Crippen molar-refractivity contribution < 1.29 is 0 Å². The molecule has 0 unspecified atom stereocenters. The maximum atomic E-state index is 11.7. The van der Waals surface area contributed by atoms with Crippen molar-refractivity contribution in [2.24, 2.45) is 7.05 Å². The Bertz CT molecular complexity index is 562. The SMILES string of the molecule is Cc1nc(Cl)cc2ncn(C)c(=O)c12. The summed E-state index contributed by atoms with van der Waals surface area (Å²) < 4.78 is 1.42. The van der Waals surface area contributed by atoms with Crippen molar-refractivity contribution in [2.45, 2.75) is 6.92 Å². The summed E-state index contributed by atoms with van der Waals surface area (Å²) in [4.78, 5) is 19.8. The molecule has 0 N–H and O–H groups in total. The van der Waals surface area contributed by atoms with Gasteiger partial charge in [-0.1, -0.05) is 11.6 Å². The molecule has 0 aliphatic carbocycles. The number of rotatable bonds is 0. The first-order chi connectivity index (χ1) is 6.59. The van der Waals surface area contributed by atoms with Crippen LogP contribution in [0.3, 0.4) is 0 Å². The number of aromatic nitrogens is 3. The van der Waals surface area contributed by atoms with Crippen LogP contribution in [0, 0.1) is 6.92 Å². The van der Waals surface area contributed by atoms with Crippen molar-refractivity contribution in [1.29, 1.82) is 0 Å². The lowest BCUT2D eigenvalue weighted by atomic mass is 10.2. The van der Waals surface area contributed by atoms with Gasteiger partial charge in [-0.05, 0) is 6.92 Å². The van der Waals surface area contributed by atoms with Gasteiger partial charge in [0.05, 0.1) is 22.9 Å². The van der Waals surface area contributed by atoms with Crippen molar-refractivity contribution >= 4 is 22.5 Å². The van der Waals surface area contributed by atoms with Gasteiger partial charge in [0, 0.05) is 13.1 Å². The van der Waals surface area contributed by atoms with E-state index in [2.05, 4.69) is 9.97 Å². The lowest BCUT2D eigenvalue weighted by Crippen LogP contribution is -2.18. The normalized spacial score (nSPS) is 10.8. The van der Waals surface area contributed by atoms with Crippen LogP contribution in [0.4, 0.5) is 0 Å². The molecule has 0 saturated heterocycles. The summed E-state index contributed by atoms with van der Waals surface area (Å²) >= 11 is 5.76. The van der Waals surface area contributed by atoms with E-state index in [0.717, 1.165) is 0 Å². The first-order valence-corrected chi connectivity index (χ1v) is 4.46. The minimum atomic E-state index is -0.100. The van der Waals surface area contributed by atoms with Gasteiger partial charge >= 0.3 is 0 Å². The molecule has 0 aliphatic rings. The van der Waals surface area contributed by atoms with Crippen molar-refractivity contribution in [1.82, 2.24) is 14.5 Å². The highest BCUT2D eigenvalue weighted by molar-refractivity contribution is 6.30. The quantitative estimate of drug-likeness (QED) is 0.615. The van der Waals surface area contributed by atoms with Crippen molar-refractivity contribution in [3.05, 3.63) is 33.6 Å². The third kappa shape index (κ3) is 1.28. The Balaban J connectivity index is 3.03. The Morgan fingerprint density at radius 1 is 1.50 bits per heavy atom. The lowest BCUT2D eigenvalue weighted by molar-refractivity contribution is 0.840. The van der Waals surface area contributed by atoms with Gasteiger partial charge in [0.2, 0.25) is 0 Å². The van der Waals surface area contributed by atoms with Gasteiger partial charge < -0.3 is 4.57 Å². The number of pyridine rings is 1. The fourth-order valence-corrected chi connectivity index (χ4v) is 1.59. The molecule has 2 heterocycles. The molecule has 2 aromatic rings. The van der Waals surface area contributed by atoms with Gasteiger partial charge in [-0.3, -0.25) is 4.79 Å². The van der Waals surface area contributed by atoms with Gasteiger partial charge in [-0.15, -0.1) is 0 Å². The third-order valence-electron chi connectivity index (χ3n) is 2.05. The van der Waals surface area contributed by atoms with Crippen LogP contribution < -0.4 is 5.56 Å². The van der Waals surface area contributed by atoms with E-state index < -0.39 is 0 Å². The van der Waals surface area contributed by atoms with Crippen LogP contribution in [0.25, 0.3) is 10.9 Å². The minimum absolute atomic E-state index is 0.100. The Labute approximate surface area is 85.2 Å². The first-order valence-electron chi connectivity index (χ1n) is 4.08. The number of halogens is 1. The molecule has 0 aromatic carbocycles. The summed E-state index contributed by atoms with van der Waals surface area (Å²) in [6, 6.07) is 1.59. The summed E-state index contributed by atoms with van der Waals surface area (Å²) in [7, 11) is 1.66. The Kier molecular flexibility index (Phi) is 2.00. The van der Waals surface area contributed by atoms with Crippen LogP contribution in [0.1, 0.15) is 5.69 Å². The van der Waals surface area contributed by atoms with E-state index in [0.29, 0.717) is 21.7 Å². The summed E-state index contributed by atoms with van der Waals surface area (Å²) in [5.41, 5.74) is 1.10. The van der Waals surface area contributed by atoms with E-state index in [1.54, 1.807) is 20.0 Å². The molecule has 2 rings (SSSR count). The van der Waals surface area contributed by atoms with Crippen molar-refractivity contribution in [3.63, 3.8) is 0 Å². The van der Waals surface area contributed by atoms with Crippen LogP contribution >= 0.6 is 11.6 Å². The van der Waals surface area contributed by atoms with E-state index in [9.17, 15) is 4.79 Å². The molecule has 2 aromatic heterocycles. The van der Waals surface area contributed by atoms with Crippen LogP contribution in [0.2, 0.25) is 5.15 Å². The molecule has 5 heteroatoms. The third-order valence-corrected chi connectivity index (χ3v) is 2.25. The highest BCUT2D eigenvalue weighted by atomic mass is 35.5. The number of hydrogen-bond acceptors (Lipinski definition) is 3. The number of aryl methyl sites for hydroxylation is 2. The summed E-state index contributed by atoms with van der Waals surface area (Å²) in [6.45, 7) is 1.75. The summed E-state index contributed by atoms with van der Waals surface area (Å²) in [6.07, 6.45) is 1.47. The van der Waals surface area contributed by atoms with Crippen LogP contribution in [0.15, 0.2) is 17.2 Å². The number of hydrogen-bond donors (Lipinski definition) is 0. The molecule has 0 spiro atoms. The highest BCUT2D eigenvalue weighted by Crippen LogP contribution is 2.14. The zero-order chi connectivity index (χ0) is 10.3. The van der Waals surface area contributed by atoms with E-state index in [1.807, 2.05) is 0 Å². The van der Waals surface area contributed by atoms with Gasteiger partial charge in [-0.2, -0.15) is 0 Å². The molecular weight excluding hydrogens is 202 g/mol. The Hall–Kier alpha value is -1.42. The molecule has 0 bridgehead atoms. The minimum Gasteiger partial charge on any atom is -0.302 e. The van der Waals surface area contributed by atoms with E-state index in [1.165, 1.54) is 10.9 Å². The first kappa shape index (κ1) is 9.15. The number of fused-ring (bicyclic) bond motifs is 1. The summed E-state index contributed by atoms with van der Waals surface area (Å²) in [5.74, 6) is 0. The van der Waals surface area contributed by atoms with Crippen LogP contribution in [-0.2, 0) is 7.05 Å². The van der Waals surface area contributed by atoms with E-state index in [-0.39, 0.29) is 5.56 Å². The molecule has 72 valence electrons. The summed E-state index contributed by atoms with van der Waals surface area (Å²) in [5, 5.41) is 0.884. The highest BCUT2D eigenvalue weighted by Gasteiger charge is 2.07. The number of nitrogens with zero attached hydrogens (tertiary/aromatic N) is 3. The molecule has 14 heavy (non-hydrogen) atoms. The second kappa shape index (κ2) is 3.06. The fourth-order valence-electron chi connectivity index (χ4n) is 1.36. The second-order valence-corrected chi connectivity index (χ2v) is 3.47. The molecular formula is C9H8ClN3O. The molecule has 0 fully saturated rings. The smallest absolute Gasteiger partial charge is 0.262 e. The van der Waals surface area contributed by atoms with E-state index >= 15 is 0 Å². The molecule has 4 nitrogen and oxygen atoms in total. The molecule has 0 radical (unpaired) electrons. The van der Waals surface area contributed by atoms with Gasteiger partial charge in [0.15, 0.2) is 0 Å². The lowest BCUT2D eigenvalue weighted by Gasteiger charge is -2.02. The van der Waals surface area contributed by atoms with Crippen LogP contribution in [-0.4, -0.2) is 14.5 Å². The predicted molar refractivity (Wildman–Crippen MR) is 54.5 cm³/mol. The van der Waals surface area contributed by atoms with Crippen molar-refractivity contribution in [3.8, 4) is 0 Å². The fraction of sp³-hybridized carbons (Fsp3) is 0.222. The largest absolute Gasteiger partial charge is 0.302 e. The average Bonchev–Trinajstić information content (AvgIpc) is 2.10. The maximum absolute atomic E-state index is 11.7. The standard InChI is InChI=1S/C9H8ClN3O/c1-5-8-6(3-7(10)12-5)11-4-13(2)9(8)14/h3-4H,1-2H3. The second-order valence-electron chi connectivity index (χ2n) is 3.09. The molecule has 0 saturated carbocycles. The molecule has 0 atom stereocenters. The maximum Gasteiger partial charge on any atom is 0.262 e. The van der Waals surface area contributed by atoms with Gasteiger partial charge in [-0.25, -0.2) is 9.97 Å².